The van der Waals surface area contributed by atoms with Crippen molar-refractivity contribution in [1.29, 1.82) is 0 Å². The summed E-state index contributed by atoms with van der Waals surface area (Å²) >= 11 is 0. The third kappa shape index (κ3) is 7.59. The van der Waals surface area contributed by atoms with Gasteiger partial charge in [0.15, 0.2) is 0 Å². The molecule has 0 aliphatic rings. The van der Waals surface area contributed by atoms with Crippen LogP contribution in [0.1, 0.15) is 37.8 Å². The minimum absolute atomic E-state index is 0.0212. The Kier molecular flexibility index (Phi) is 10.2. The number of H-pyrrole nitrogens is 1. The quantitative estimate of drug-likeness (QED) is 0.348. The van der Waals surface area contributed by atoms with E-state index in [-0.39, 0.29) is 18.4 Å². The van der Waals surface area contributed by atoms with Gasteiger partial charge in [-0.3, -0.25) is 9.59 Å². The maximum atomic E-state index is 13.5. The Morgan fingerprint density at radius 3 is 2.43 bits per heavy atom. The van der Waals surface area contributed by atoms with Gasteiger partial charge >= 0.3 is 0 Å². The van der Waals surface area contributed by atoms with E-state index in [9.17, 15) is 9.59 Å². The van der Waals surface area contributed by atoms with Gasteiger partial charge in [-0.15, -0.1) is 0 Å². The van der Waals surface area contributed by atoms with Crippen molar-refractivity contribution in [2.24, 2.45) is 0 Å². The van der Waals surface area contributed by atoms with Crippen LogP contribution >= 0.6 is 0 Å². The molecule has 2 aromatic carbocycles. The predicted octanol–water partition coefficient (Wildman–Crippen LogP) is 4.41. The van der Waals surface area contributed by atoms with Gasteiger partial charge in [-0.25, -0.2) is 0 Å². The van der Waals surface area contributed by atoms with Crippen LogP contribution < -0.4 is 4.74 Å². The largest absolute Gasteiger partial charge is 0.494 e. The molecule has 0 aliphatic carbocycles. The summed E-state index contributed by atoms with van der Waals surface area (Å²) < 4.78 is 10.7. The topological polar surface area (TPSA) is 74.9 Å². The molecule has 3 aromatic rings. The van der Waals surface area contributed by atoms with Crippen molar-refractivity contribution < 1.29 is 19.1 Å². The number of hydrogen-bond acceptors (Lipinski definition) is 4. The monoisotopic (exact) mass is 479 g/mol. The van der Waals surface area contributed by atoms with Gasteiger partial charge in [0.2, 0.25) is 11.8 Å². The lowest BCUT2D eigenvalue weighted by Gasteiger charge is -2.28. The maximum Gasteiger partial charge on any atom is 0.242 e. The first-order valence-corrected chi connectivity index (χ1v) is 12.4. The fourth-order valence-electron chi connectivity index (χ4n) is 4.14. The summed E-state index contributed by atoms with van der Waals surface area (Å²) in [7, 11) is 1.64. The highest BCUT2D eigenvalue weighted by molar-refractivity contribution is 5.85. The number of ether oxygens (including phenoxy) is 2. The number of carbonyl (C=O) groups excluding carboxylic acids is 2. The number of para-hydroxylation sites is 1. The minimum atomic E-state index is -0.0575. The number of rotatable bonds is 14. The van der Waals surface area contributed by atoms with Crippen LogP contribution in [-0.4, -0.2) is 66.6 Å². The fraction of sp³-hybridized carbons (Fsp3) is 0.429. The van der Waals surface area contributed by atoms with E-state index in [1.807, 2.05) is 61.3 Å². The van der Waals surface area contributed by atoms with Crippen molar-refractivity contribution in [3.8, 4) is 5.75 Å². The molecule has 0 saturated heterocycles. The Balaban J connectivity index is 1.75. The normalized spacial score (nSPS) is 10.9. The highest BCUT2D eigenvalue weighted by atomic mass is 16.5. The zero-order chi connectivity index (χ0) is 25.0. The summed E-state index contributed by atoms with van der Waals surface area (Å²) in [4.78, 5) is 32.8. The molecule has 0 unspecified atom stereocenters. The SMILES string of the molecule is CCOc1ccc(CN(CCc2c[nH]c3ccccc23)C(=O)CN(CCCOC)C(=O)CC)cc1. The number of nitrogens with one attached hydrogen (secondary N) is 1. The zero-order valence-corrected chi connectivity index (χ0v) is 21.1. The third-order valence-corrected chi connectivity index (χ3v) is 6.04. The van der Waals surface area contributed by atoms with Crippen LogP contribution in [0.2, 0.25) is 0 Å². The second kappa shape index (κ2) is 13.5. The molecular weight excluding hydrogens is 442 g/mol. The standard InChI is InChI=1S/C28H37N3O4/c1-4-27(32)30(16-8-18-34-3)21-28(33)31(20-22-11-13-24(14-12-22)35-5-2)17-15-23-19-29-26-10-7-6-9-25(23)26/h6-7,9-14,19,29H,4-5,8,15-18,20-21H2,1-3H3. The van der Waals surface area contributed by atoms with Crippen LogP contribution in [0.25, 0.3) is 10.9 Å². The number of hydrogen-bond donors (Lipinski definition) is 1. The molecule has 0 fully saturated rings. The number of amides is 2. The second-order valence-corrected chi connectivity index (χ2v) is 8.52. The molecule has 7 nitrogen and oxygen atoms in total. The van der Waals surface area contributed by atoms with E-state index in [1.165, 1.54) is 10.9 Å². The molecule has 1 heterocycles. The van der Waals surface area contributed by atoms with Crippen LogP contribution in [-0.2, 0) is 27.3 Å². The number of benzene rings is 2. The number of carbonyl (C=O) groups is 2. The van der Waals surface area contributed by atoms with E-state index in [0.717, 1.165) is 23.3 Å². The van der Waals surface area contributed by atoms with Gasteiger partial charge in [0.1, 0.15) is 5.75 Å². The summed E-state index contributed by atoms with van der Waals surface area (Å²) in [5.74, 6) is 0.732. The molecule has 3 rings (SSSR count). The molecule has 0 atom stereocenters. The van der Waals surface area contributed by atoms with E-state index in [4.69, 9.17) is 9.47 Å². The first kappa shape index (κ1) is 26.3. The van der Waals surface area contributed by atoms with Crippen molar-refractivity contribution in [3.05, 3.63) is 65.9 Å². The van der Waals surface area contributed by atoms with Crippen molar-refractivity contribution >= 4 is 22.7 Å². The van der Waals surface area contributed by atoms with Gasteiger partial charge in [-0.05, 0) is 49.1 Å². The van der Waals surface area contributed by atoms with Crippen LogP contribution in [0.5, 0.6) is 5.75 Å². The Labute approximate surface area is 208 Å². The van der Waals surface area contributed by atoms with Crippen molar-refractivity contribution in [1.82, 2.24) is 14.8 Å². The molecule has 1 aromatic heterocycles. The summed E-state index contributed by atoms with van der Waals surface area (Å²) in [6.45, 7) is 6.55. The number of nitrogens with zero attached hydrogens (tertiary/aromatic N) is 2. The second-order valence-electron chi connectivity index (χ2n) is 8.52. The molecule has 1 N–H and O–H groups in total. The van der Waals surface area contributed by atoms with Gasteiger partial charge in [0.05, 0.1) is 13.2 Å². The Hall–Kier alpha value is -3.32. The predicted molar refractivity (Wildman–Crippen MR) is 138 cm³/mol. The zero-order valence-electron chi connectivity index (χ0n) is 21.1. The maximum absolute atomic E-state index is 13.5. The minimum Gasteiger partial charge on any atom is -0.494 e. The Morgan fingerprint density at radius 1 is 0.943 bits per heavy atom. The van der Waals surface area contributed by atoms with E-state index < -0.39 is 0 Å². The number of aromatic nitrogens is 1. The molecule has 0 aliphatic heterocycles. The smallest absolute Gasteiger partial charge is 0.242 e. The average Bonchev–Trinajstić information content (AvgIpc) is 3.29. The van der Waals surface area contributed by atoms with E-state index in [1.54, 1.807) is 12.0 Å². The number of aromatic amines is 1. The molecule has 0 spiro atoms. The van der Waals surface area contributed by atoms with Gasteiger partial charge in [-0.1, -0.05) is 37.3 Å². The van der Waals surface area contributed by atoms with Gasteiger partial charge in [0, 0.05) is 56.9 Å². The van der Waals surface area contributed by atoms with Crippen molar-refractivity contribution in [3.63, 3.8) is 0 Å². The van der Waals surface area contributed by atoms with E-state index in [2.05, 4.69) is 17.1 Å². The average molecular weight is 480 g/mol. The number of methoxy groups -OCH3 is 1. The molecule has 188 valence electrons. The van der Waals surface area contributed by atoms with Gasteiger partial charge < -0.3 is 24.3 Å². The van der Waals surface area contributed by atoms with Crippen molar-refractivity contribution in [2.45, 2.75) is 39.7 Å². The third-order valence-electron chi connectivity index (χ3n) is 6.04. The Bertz CT molecular complexity index is 1080. The fourth-order valence-corrected chi connectivity index (χ4v) is 4.14. The van der Waals surface area contributed by atoms with Crippen LogP contribution in [0.3, 0.4) is 0 Å². The highest BCUT2D eigenvalue weighted by Crippen LogP contribution is 2.19. The van der Waals surface area contributed by atoms with Gasteiger partial charge in [0.25, 0.3) is 0 Å². The number of fused-ring (bicyclic) bond motifs is 1. The van der Waals surface area contributed by atoms with Crippen LogP contribution in [0, 0.1) is 0 Å². The summed E-state index contributed by atoms with van der Waals surface area (Å²) in [6, 6.07) is 16.0. The molecular formula is C28H37N3O4. The van der Waals surface area contributed by atoms with Gasteiger partial charge in [-0.2, -0.15) is 0 Å². The lowest BCUT2D eigenvalue weighted by molar-refractivity contribution is -0.140. The van der Waals surface area contributed by atoms with E-state index in [0.29, 0.717) is 45.7 Å². The van der Waals surface area contributed by atoms with Crippen LogP contribution in [0.15, 0.2) is 54.7 Å². The molecule has 0 bridgehead atoms. The first-order valence-electron chi connectivity index (χ1n) is 12.4. The summed E-state index contributed by atoms with van der Waals surface area (Å²) in [5, 5.41) is 1.17. The Morgan fingerprint density at radius 2 is 1.71 bits per heavy atom. The van der Waals surface area contributed by atoms with E-state index >= 15 is 0 Å². The van der Waals surface area contributed by atoms with Crippen LogP contribution in [0.4, 0.5) is 0 Å². The lowest BCUT2D eigenvalue weighted by Crippen LogP contribution is -2.43. The van der Waals surface area contributed by atoms with Crippen molar-refractivity contribution in [2.75, 3.05) is 40.0 Å². The molecule has 2 amide bonds. The highest BCUT2D eigenvalue weighted by Gasteiger charge is 2.21. The molecule has 35 heavy (non-hydrogen) atoms. The summed E-state index contributed by atoms with van der Waals surface area (Å²) in [5.41, 5.74) is 3.28. The molecule has 7 heteroatoms. The lowest BCUT2D eigenvalue weighted by atomic mass is 10.1. The first-order chi connectivity index (χ1) is 17.0. The molecule has 0 saturated carbocycles. The summed E-state index contributed by atoms with van der Waals surface area (Å²) in [6.07, 6.45) is 3.80. The molecule has 0 radical (unpaired) electrons.